The zero-order valence-electron chi connectivity index (χ0n) is 9.27. The number of benzene rings is 2. The number of hydrogen-bond donors (Lipinski definition) is 0. The lowest BCUT2D eigenvalue weighted by molar-refractivity contribution is 0.603. The summed E-state index contributed by atoms with van der Waals surface area (Å²) in [5.74, 6) is -0.352. The maximum Gasteiger partial charge on any atom is 0.138 e. The molecule has 0 atom stereocenters. The Hall–Kier alpha value is -1.79. The molecule has 0 aliphatic rings. The van der Waals surface area contributed by atoms with Gasteiger partial charge in [0.1, 0.15) is 11.2 Å². The number of halogens is 1. The third kappa shape index (κ3) is 2.66. The Labute approximate surface area is 104 Å². The summed E-state index contributed by atoms with van der Waals surface area (Å²) in [5, 5.41) is 10.4. The Morgan fingerprint density at radius 1 is 1.06 bits per heavy atom. The number of hydrogen-bond acceptors (Lipinski definition) is 2. The summed E-state index contributed by atoms with van der Waals surface area (Å²) < 4.78 is 13.6. The molecule has 0 aromatic heterocycles. The lowest BCUT2D eigenvalue weighted by Crippen LogP contribution is -1.83. The van der Waals surface area contributed by atoms with Crippen LogP contribution in [0, 0.1) is 23.4 Å². The molecule has 2 rings (SSSR count). The maximum atomic E-state index is 13.6. The molecule has 0 fully saturated rings. The van der Waals surface area contributed by atoms with E-state index in [-0.39, 0.29) is 5.82 Å². The van der Waals surface area contributed by atoms with Crippen molar-refractivity contribution in [3.63, 3.8) is 0 Å². The molecule has 0 amide bonds. The van der Waals surface area contributed by atoms with E-state index in [0.29, 0.717) is 4.90 Å². The van der Waals surface area contributed by atoms with Crippen LogP contribution in [0.25, 0.3) is 11.1 Å². The van der Waals surface area contributed by atoms with Crippen LogP contribution in [0.4, 0.5) is 4.39 Å². The topological polar surface area (TPSA) is 23.8 Å². The van der Waals surface area contributed by atoms with Crippen molar-refractivity contribution in [3.05, 3.63) is 53.8 Å². The van der Waals surface area contributed by atoms with Crippen molar-refractivity contribution in [1.82, 2.24) is 0 Å². The van der Waals surface area contributed by atoms with E-state index in [1.165, 1.54) is 11.6 Å². The van der Waals surface area contributed by atoms with Crippen molar-refractivity contribution < 1.29 is 4.39 Å². The third-order valence-corrected chi connectivity index (χ3v) is 3.11. The van der Waals surface area contributed by atoms with Gasteiger partial charge in [0, 0.05) is 0 Å². The van der Waals surface area contributed by atoms with E-state index < -0.39 is 0 Å². The van der Waals surface area contributed by atoms with Crippen LogP contribution < -0.4 is 0 Å². The minimum Gasteiger partial charge on any atom is -0.206 e. The predicted molar refractivity (Wildman–Crippen MR) is 68.0 cm³/mol. The molecule has 0 N–H and O–H groups in total. The zero-order valence-corrected chi connectivity index (χ0v) is 10.1. The molecule has 84 valence electrons. The van der Waals surface area contributed by atoms with E-state index in [4.69, 9.17) is 5.26 Å². The molecule has 0 heterocycles. The molecular formula is C14H10FNS. The summed E-state index contributed by atoms with van der Waals surface area (Å²) in [5.41, 5.74) is 2.97. The molecule has 17 heavy (non-hydrogen) atoms. The van der Waals surface area contributed by atoms with Crippen molar-refractivity contribution in [2.75, 3.05) is 0 Å². The molecule has 1 nitrogen and oxygen atoms in total. The van der Waals surface area contributed by atoms with Gasteiger partial charge in [0.15, 0.2) is 0 Å². The second-order valence-corrected chi connectivity index (χ2v) is 4.53. The van der Waals surface area contributed by atoms with Crippen molar-refractivity contribution in [2.24, 2.45) is 0 Å². The van der Waals surface area contributed by atoms with Crippen molar-refractivity contribution in [2.45, 2.75) is 11.8 Å². The monoisotopic (exact) mass is 243 g/mol. The largest absolute Gasteiger partial charge is 0.206 e. The van der Waals surface area contributed by atoms with E-state index in [0.717, 1.165) is 22.9 Å². The van der Waals surface area contributed by atoms with E-state index in [1.54, 1.807) is 6.07 Å². The Balaban J connectivity index is 2.38. The Bertz CT molecular complexity index is 570. The summed E-state index contributed by atoms with van der Waals surface area (Å²) in [4.78, 5) is 0.364. The van der Waals surface area contributed by atoms with Gasteiger partial charge in [0.2, 0.25) is 0 Å². The quantitative estimate of drug-likeness (QED) is 0.577. The number of thioether (sulfide) groups is 1. The fraction of sp³-hybridized carbons (Fsp3) is 0.0714. The van der Waals surface area contributed by atoms with Crippen LogP contribution in [0.1, 0.15) is 5.56 Å². The lowest BCUT2D eigenvalue weighted by Gasteiger charge is -2.04. The zero-order chi connectivity index (χ0) is 12.3. The summed E-state index contributed by atoms with van der Waals surface area (Å²) in [6, 6.07) is 12.8. The van der Waals surface area contributed by atoms with Crippen molar-refractivity contribution in [1.29, 1.82) is 5.26 Å². The molecule has 0 spiro atoms. The van der Waals surface area contributed by atoms with Gasteiger partial charge in [-0.2, -0.15) is 5.26 Å². The van der Waals surface area contributed by atoms with Gasteiger partial charge in [0.05, 0.1) is 4.90 Å². The second kappa shape index (κ2) is 5.03. The third-order valence-electron chi connectivity index (χ3n) is 2.47. The number of thiocyanates is 1. The van der Waals surface area contributed by atoms with Crippen molar-refractivity contribution in [3.8, 4) is 16.5 Å². The normalized spacial score (nSPS) is 9.94. The standard InChI is InChI=1S/C14H10FNS/c1-10-2-4-11(5-3-10)12-6-7-14(17-9-16)13(15)8-12/h2-8H,1H3. The average molecular weight is 243 g/mol. The first kappa shape index (κ1) is 11.7. The van der Waals surface area contributed by atoms with Gasteiger partial charge < -0.3 is 0 Å². The molecule has 0 unspecified atom stereocenters. The van der Waals surface area contributed by atoms with Crippen LogP contribution in [0.15, 0.2) is 47.4 Å². The molecule has 2 aromatic carbocycles. The van der Waals surface area contributed by atoms with Gasteiger partial charge in [-0.15, -0.1) is 0 Å². The van der Waals surface area contributed by atoms with Gasteiger partial charge in [-0.05, 0) is 41.9 Å². The smallest absolute Gasteiger partial charge is 0.138 e. The van der Waals surface area contributed by atoms with Crippen LogP contribution in [0.5, 0.6) is 0 Å². The van der Waals surface area contributed by atoms with E-state index in [1.807, 2.05) is 42.7 Å². The fourth-order valence-corrected chi connectivity index (χ4v) is 1.95. The Morgan fingerprint density at radius 2 is 1.71 bits per heavy atom. The summed E-state index contributed by atoms with van der Waals surface area (Å²) in [7, 11) is 0. The molecular weight excluding hydrogens is 233 g/mol. The van der Waals surface area contributed by atoms with E-state index in [2.05, 4.69) is 0 Å². The van der Waals surface area contributed by atoms with Gasteiger partial charge in [-0.3, -0.25) is 0 Å². The Morgan fingerprint density at radius 3 is 2.29 bits per heavy atom. The number of rotatable bonds is 2. The molecule has 3 heteroatoms. The van der Waals surface area contributed by atoms with Crippen LogP contribution in [-0.2, 0) is 0 Å². The number of nitrogens with zero attached hydrogens (tertiary/aromatic N) is 1. The van der Waals surface area contributed by atoms with Crippen LogP contribution >= 0.6 is 11.8 Å². The molecule has 0 saturated heterocycles. The highest BCUT2D eigenvalue weighted by molar-refractivity contribution is 8.03. The SMILES string of the molecule is Cc1ccc(-c2ccc(SC#N)c(F)c2)cc1. The van der Waals surface area contributed by atoms with Crippen molar-refractivity contribution >= 4 is 11.8 Å². The molecule has 0 radical (unpaired) electrons. The van der Waals surface area contributed by atoms with Gasteiger partial charge in [-0.1, -0.05) is 35.9 Å². The number of nitriles is 1. The van der Waals surface area contributed by atoms with Gasteiger partial charge in [-0.25, -0.2) is 4.39 Å². The minimum atomic E-state index is -0.352. The molecule has 0 saturated carbocycles. The van der Waals surface area contributed by atoms with Gasteiger partial charge >= 0.3 is 0 Å². The van der Waals surface area contributed by atoms with Crippen LogP contribution in [-0.4, -0.2) is 0 Å². The summed E-state index contributed by atoms with van der Waals surface area (Å²) >= 11 is 0.839. The molecule has 2 aromatic rings. The first-order valence-corrected chi connectivity index (χ1v) is 5.95. The molecule has 0 bridgehead atoms. The lowest BCUT2D eigenvalue weighted by atomic mass is 10.0. The van der Waals surface area contributed by atoms with E-state index in [9.17, 15) is 4.39 Å². The van der Waals surface area contributed by atoms with Crippen LogP contribution in [0.2, 0.25) is 0 Å². The number of aryl methyl sites for hydroxylation is 1. The highest BCUT2D eigenvalue weighted by Crippen LogP contribution is 2.26. The highest BCUT2D eigenvalue weighted by Gasteiger charge is 2.05. The maximum absolute atomic E-state index is 13.6. The predicted octanol–water partition coefficient (Wildman–Crippen LogP) is 4.37. The summed E-state index contributed by atoms with van der Waals surface area (Å²) in [6.45, 7) is 2.01. The Kier molecular flexibility index (Phi) is 3.46. The average Bonchev–Trinajstić information content (AvgIpc) is 2.33. The fourth-order valence-electron chi connectivity index (χ4n) is 1.56. The summed E-state index contributed by atoms with van der Waals surface area (Å²) in [6.07, 6.45) is 0. The first-order valence-electron chi connectivity index (χ1n) is 5.13. The minimum absolute atomic E-state index is 0.352. The van der Waals surface area contributed by atoms with Gasteiger partial charge in [0.25, 0.3) is 0 Å². The second-order valence-electron chi connectivity index (χ2n) is 3.70. The first-order chi connectivity index (χ1) is 8.20. The molecule has 0 aliphatic carbocycles. The van der Waals surface area contributed by atoms with E-state index >= 15 is 0 Å². The van der Waals surface area contributed by atoms with Crippen LogP contribution in [0.3, 0.4) is 0 Å². The molecule has 0 aliphatic heterocycles. The highest BCUT2D eigenvalue weighted by atomic mass is 32.2.